The number of hydrogen-bond acceptors (Lipinski definition) is 12. The average Bonchev–Trinajstić information content (AvgIpc) is 2.88. The fraction of sp³-hybridized carbons (Fsp3) is 0.304. The van der Waals surface area contributed by atoms with Gasteiger partial charge in [-0.1, -0.05) is 38.1 Å². The largest absolute Gasteiger partial charge is 0.543 e. The molecule has 0 aliphatic carbocycles. The van der Waals surface area contributed by atoms with Gasteiger partial charge in [0.05, 0.1) is 34.4 Å². The summed E-state index contributed by atoms with van der Waals surface area (Å²) < 4.78 is 9.22. The van der Waals surface area contributed by atoms with Gasteiger partial charge >= 0.3 is 24.2 Å². The molecule has 35 heavy (non-hydrogen) atoms. The molecule has 0 N–H and O–H groups in total. The highest BCUT2D eigenvalue weighted by Crippen LogP contribution is 2.08. The molecular weight excluding hydrogens is 468 g/mol. The highest BCUT2D eigenvalue weighted by Gasteiger charge is 2.14. The third kappa shape index (κ3) is 10.1. The Bertz CT molecular complexity index is 890. The predicted molar refractivity (Wildman–Crippen MR) is 114 cm³/mol. The van der Waals surface area contributed by atoms with Gasteiger partial charge in [0, 0.05) is 6.42 Å². The molecule has 0 aliphatic heterocycles. The van der Waals surface area contributed by atoms with Crippen molar-refractivity contribution < 1.29 is 58.3 Å². The third-order valence-electron chi connectivity index (χ3n) is 4.35. The van der Waals surface area contributed by atoms with Gasteiger partial charge in [-0.2, -0.15) is 0 Å². The molecule has 0 fully saturated rings. The lowest BCUT2D eigenvalue weighted by Gasteiger charge is -2.06. The second kappa shape index (κ2) is 14.9. The highest BCUT2D eigenvalue weighted by molar-refractivity contribution is 5.89. The first-order chi connectivity index (χ1) is 16.9. The first kappa shape index (κ1) is 27.1. The van der Waals surface area contributed by atoms with Crippen LogP contribution in [0.2, 0.25) is 0 Å². The van der Waals surface area contributed by atoms with E-state index >= 15 is 0 Å². The van der Waals surface area contributed by atoms with Gasteiger partial charge < -0.3 is 9.47 Å². The van der Waals surface area contributed by atoms with E-state index in [0.717, 1.165) is 24.0 Å². The maximum absolute atomic E-state index is 11.7. The molecule has 0 spiro atoms. The molecule has 188 valence electrons. The van der Waals surface area contributed by atoms with Crippen LogP contribution in [-0.4, -0.2) is 37.5 Å². The number of carbonyl (C=O) groups excluding carboxylic acids is 4. The first-order valence-corrected chi connectivity index (χ1v) is 10.5. The summed E-state index contributed by atoms with van der Waals surface area (Å²) in [6.07, 6.45) is -0.903. The molecule has 0 bridgehead atoms. The van der Waals surface area contributed by atoms with Crippen LogP contribution in [0.1, 0.15) is 52.1 Å². The normalized spacial score (nSPS) is 10.1. The summed E-state index contributed by atoms with van der Waals surface area (Å²) in [5.41, 5.74) is 2.47. The first-order valence-electron chi connectivity index (χ1n) is 10.5. The van der Waals surface area contributed by atoms with Crippen LogP contribution >= 0.6 is 0 Å². The van der Waals surface area contributed by atoms with E-state index in [1.807, 2.05) is 13.8 Å². The quantitative estimate of drug-likeness (QED) is 0.181. The van der Waals surface area contributed by atoms with Gasteiger partial charge in [-0.3, -0.25) is 9.78 Å². The number of aryl methyl sites for hydroxylation is 2. The Morgan fingerprint density at radius 3 is 1.29 bits per heavy atom. The van der Waals surface area contributed by atoms with Gasteiger partial charge in [0.15, 0.2) is 0 Å². The molecule has 0 atom stereocenters. The van der Waals surface area contributed by atoms with E-state index in [4.69, 9.17) is 0 Å². The summed E-state index contributed by atoms with van der Waals surface area (Å²) >= 11 is 0. The second-order valence-electron chi connectivity index (χ2n) is 6.70. The molecule has 0 radical (unpaired) electrons. The van der Waals surface area contributed by atoms with Crippen molar-refractivity contribution in [3.63, 3.8) is 0 Å². The Balaban J connectivity index is 1.49. The van der Waals surface area contributed by atoms with Crippen molar-refractivity contribution in [3.05, 3.63) is 70.8 Å². The van der Waals surface area contributed by atoms with Crippen LogP contribution in [0.25, 0.3) is 0 Å². The molecule has 0 unspecified atom stereocenters. The number of benzene rings is 2. The van der Waals surface area contributed by atoms with Gasteiger partial charge in [0.25, 0.3) is 0 Å². The van der Waals surface area contributed by atoms with Crippen molar-refractivity contribution in [1.82, 2.24) is 0 Å². The molecule has 0 amide bonds. The molecular formula is C23H24O12. The van der Waals surface area contributed by atoms with E-state index in [2.05, 4.69) is 39.1 Å². The third-order valence-corrected chi connectivity index (χ3v) is 4.35. The molecule has 0 saturated carbocycles. The van der Waals surface area contributed by atoms with Crippen molar-refractivity contribution in [3.8, 4) is 0 Å². The zero-order valence-electron chi connectivity index (χ0n) is 19.1. The van der Waals surface area contributed by atoms with Crippen LogP contribution in [0.15, 0.2) is 48.5 Å². The molecule has 12 heteroatoms. The van der Waals surface area contributed by atoms with Gasteiger partial charge in [-0.15, -0.1) is 0 Å². The molecule has 0 saturated heterocycles. The van der Waals surface area contributed by atoms with E-state index in [9.17, 15) is 19.2 Å². The van der Waals surface area contributed by atoms with Crippen molar-refractivity contribution >= 4 is 24.2 Å². The van der Waals surface area contributed by atoms with Gasteiger partial charge in [-0.25, -0.2) is 29.0 Å². The summed E-state index contributed by atoms with van der Waals surface area (Å²) in [6, 6.07) is 13.1. The smallest absolute Gasteiger partial charge is 0.432 e. The SMILES string of the molecule is CCc1ccc(C(=O)OOOC(=O)OCCCOC(=O)OOOC(=O)c2ccc(CC)cc2)cc1. The number of rotatable bonds is 12. The highest BCUT2D eigenvalue weighted by atomic mass is 17.5. The minimum Gasteiger partial charge on any atom is -0.432 e. The molecule has 2 rings (SSSR count). The second-order valence-corrected chi connectivity index (χ2v) is 6.70. The van der Waals surface area contributed by atoms with Gasteiger partial charge in [0.1, 0.15) is 0 Å². The fourth-order valence-electron chi connectivity index (χ4n) is 2.42. The number of carbonyl (C=O) groups is 4. The maximum Gasteiger partial charge on any atom is 0.543 e. The van der Waals surface area contributed by atoms with Crippen molar-refractivity contribution in [2.75, 3.05) is 13.2 Å². The summed E-state index contributed by atoms with van der Waals surface area (Å²) in [5.74, 6) is -1.73. The van der Waals surface area contributed by atoms with E-state index in [1.165, 1.54) is 24.3 Å². The Morgan fingerprint density at radius 1 is 0.571 bits per heavy atom. The van der Waals surface area contributed by atoms with Crippen molar-refractivity contribution in [2.45, 2.75) is 33.1 Å². The van der Waals surface area contributed by atoms with Crippen LogP contribution in [0.5, 0.6) is 0 Å². The summed E-state index contributed by atoms with van der Waals surface area (Å²) in [7, 11) is 0. The van der Waals surface area contributed by atoms with Crippen molar-refractivity contribution in [2.24, 2.45) is 0 Å². The van der Waals surface area contributed by atoms with E-state index < -0.39 is 24.2 Å². The van der Waals surface area contributed by atoms with E-state index in [-0.39, 0.29) is 30.8 Å². The van der Waals surface area contributed by atoms with E-state index in [1.54, 1.807) is 24.3 Å². The minimum atomic E-state index is -1.29. The average molecular weight is 492 g/mol. The summed E-state index contributed by atoms with van der Waals surface area (Å²) in [4.78, 5) is 63.0. The zero-order valence-corrected chi connectivity index (χ0v) is 19.1. The fourth-order valence-corrected chi connectivity index (χ4v) is 2.42. The van der Waals surface area contributed by atoms with Crippen LogP contribution in [0.3, 0.4) is 0 Å². The molecule has 2 aromatic carbocycles. The predicted octanol–water partition coefficient (Wildman–Crippen LogP) is 4.21. The van der Waals surface area contributed by atoms with Crippen LogP contribution < -0.4 is 0 Å². The van der Waals surface area contributed by atoms with Crippen LogP contribution in [0, 0.1) is 0 Å². The molecule has 0 aromatic heterocycles. The summed E-state index contributed by atoms with van der Waals surface area (Å²) in [5, 5.41) is 8.17. The zero-order chi connectivity index (χ0) is 25.5. The molecule has 0 heterocycles. The lowest BCUT2D eigenvalue weighted by Crippen LogP contribution is -2.15. The Hall–Kier alpha value is -4.16. The number of hydrogen-bond donors (Lipinski definition) is 0. The lowest BCUT2D eigenvalue weighted by atomic mass is 10.1. The Morgan fingerprint density at radius 2 is 0.943 bits per heavy atom. The monoisotopic (exact) mass is 492 g/mol. The van der Waals surface area contributed by atoms with Crippen molar-refractivity contribution in [1.29, 1.82) is 0 Å². The Kier molecular flexibility index (Phi) is 11.5. The maximum atomic E-state index is 11.7. The van der Waals surface area contributed by atoms with Gasteiger partial charge in [-0.05, 0) is 48.2 Å². The summed E-state index contributed by atoms with van der Waals surface area (Å²) in [6.45, 7) is 3.47. The number of ether oxygens (including phenoxy) is 2. The molecule has 0 aliphatic rings. The minimum absolute atomic E-state index is 0.0529. The van der Waals surface area contributed by atoms with Crippen LogP contribution in [0.4, 0.5) is 9.59 Å². The van der Waals surface area contributed by atoms with Gasteiger partial charge in [0.2, 0.25) is 0 Å². The topological polar surface area (TPSA) is 142 Å². The molecule has 12 nitrogen and oxygen atoms in total. The lowest BCUT2D eigenvalue weighted by molar-refractivity contribution is -0.452. The molecule has 2 aromatic rings. The Labute approximate surface area is 200 Å². The standard InChI is InChI=1S/C23H24O12/c1-3-16-6-10-18(11-7-16)20(24)30-34-32-22(26)28-14-5-15-29-23(27)33-35-31-21(25)19-12-8-17(4-2)9-13-19/h6-13H,3-5,14-15H2,1-2H3. The van der Waals surface area contributed by atoms with E-state index in [0.29, 0.717) is 0 Å². The van der Waals surface area contributed by atoms with Crippen LogP contribution in [-0.2, 0) is 51.9 Å².